The lowest BCUT2D eigenvalue weighted by Crippen LogP contribution is -1.82. The second-order valence-corrected chi connectivity index (χ2v) is 3.76. The van der Waals surface area contributed by atoms with Crippen molar-refractivity contribution in [2.45, 2.75) is 0 Å². The number of benzene rings is 1. The molecule has 1 aromatic carbocycles. The van der Waals surface area contributed by atoms with Gasteiger partial charge >= 0.3 is 0 Å². The number of halogens is 1. The first-order chi connectivity index (χ1) is 7.84. The Morgan fingerprint density at radius 3 is 2.69 bits per heavy atom. The number of H-pyrrole nitrogens is 1. The van der Waals surface area contributed by atoms with Gasteiger partial charge in [0.15, 0.2) is 5.15 Å². The third-order valence-electron chi connectivity index (χ3n) is 2.35. The number of nitrogens with one attached hydrogen (secondary N) is 1. The maximum absolute atomic E-state index is 5.82. The third-order valence-corrected chi connectivity index (χ3v) is 2.53. The van der Waals surface area contributed by atoms with Gasteiger partial charge in [0, 0.05) is 5.56 Å². The van der Waals surface area contributed by atoms with E-state index < -0.39 is 0 Å². The first-order valence-corrected chi connectivity index (χ1v) is 5.15. The fourth-order valence-corrected chi connectivity index (χ4v) is 1.77. The van der Waals surface area contributed by atoms with Crippen LogP contribution in [0.3, 0.4) is 0 Å². The molecule has 0 saturated heterocycles. The molecular formula is C11H7ClN4. The van der Waals surface area contributed by atoms with Crippen LogP contribution in [0.15, 0.2) is 36.4 Å². The summed E-state index contributed by atoms with van der Waals surface area (Å²) >= 11 is 5.82. The third kappa shape index (κ3) is 1.44. The molecule has 0 atom stereocenters. The van der Waals surface area contributed by atoms with Crippen molar-refractivity contribution < 1.29 is 0 Å². The summed E-state index contributed by atoms with van der Waals surface area (Å²) in [6.45, 7) is 0. The molecule has 16 heavy (non-hydrogen) atoms. The normalized spacial score (nSPS) is 10.8. The lowest BCUT2D eigenvalue weighted by atomic mass is 10.1. The van der Waals surface area contributed by atoms with Crippen molar-refractivity contribution in [1.82, 2.24) is 20.4 Å². The Morgan fingerprint density at radius 1 is 1.06 bits per heavy atom. The first-order valence-electron chi connectivity index (χ1n) is 4.77. The lowest BCUT2D eigenvalue weighted by molar-refractivity contribution is 1.02. The summed E-state index contributed by atoms with van der Waals surface area (Å²) in [7, 11) is 0. The van der Waals surface area contributed by atoms with E-state index in [1.54, 1.807) is 6.07 Å². The summed E-state index contributed by atoms with van der Waals surface area (Å²) in [5.41, 5.74) is 2.53. The molecule has 0 aliphatic rings. The van der Waals surface area contributed by atoms with Crippen LogP contribution in [-0.4, -0.2) is 20.4 Å². The molecule has 1 N–H and O–H groups in total. The smallest absolute Gasteiger partial charge is 0.203 e. The average molecular weight is 231 g/mol. The highest BCUT2D eigenvalue weighted by Gasteiger charge is 2.09. The number of rotatable bonds is 1. The summed E-state index contributed by atoms with van der Waals surface area (Å²) in [6.07, 6.45) is 0. The quantitative estimate of drug-likeness (QED) is 0.699. The summed E-state index contributed by atoms with van der Waals surface area (Å²) in [5.74, 6) is 0. The number of nitrogens with zero attached hydrogens (tertiary/aromatic N) is 3. The predicted molar refractivity (Wildman–Crippen MR) is 62.1 cm³/mol. The summed E-state index contributed by atoms with van der Waals surface area (Å²) in [6, 6.07) is 11.7. The van der Waals surface area contributed by atoms with Crippen molar-refractivity contribution in [1.29, 1.82) is 0 Å². The molecule has 2 aromatic heterocycles. The highest BCUT2D eigenvalue weighted by molar-refractivity contribution is 6.30. The minimum Gasteiger partial charge on any atom is -0.275 e. The topological polar surface area (TPSA) is 54.5 Å². The van der Waals surface area contributed by atoms with E-state index in [1.165, 1.54) is 0 Å². The Morgan fingerprint density at radius 2 is 1.88 bits per heavy atom. The number of hydrogen-bond acceptors (Lipinski definition) is 3. The number of fused-ring (bicyclic) bond motifs is 1. The fourth-order valence-electron chi connectivity index (χ4n) is 1.62. The van der Waals surface area contributed by atoms with E-state index in [0.717, 1.165) is 16.6 Å². The van der Waals surface area contributed by atoms with Crippen LogP contribution in [-0.2, 0) is 0 Å². The van der Waals surface area contributed by atoms with E-state index in [-0.39, 0.29) is 0 Å². The van der Waals surface area contributed by atoms with Gasteiger partial charge in [0.1, 0.15) is 0 Å². The van der Waals surface area contributed by atoms with Gasteiger partial charge in [0.25, 0.3) is 0 Å². The van der Waals surface area contributed by atoms with Crippen molar-refractivity contribution in [2.75, 3.05) is 0 Å². The monoisotopic (exact) mass is 230 g/mol. The Labute approximate surface area is 96.3 Å². The van der Waals surface area contributed by atoms with Crippen LogP contribution in [0, 0.1) is 0 Å². The van der Waals surface area contributed by atoms with E-state index >= 15 is 0 Å². The van der Waals surface area contributed by atoms with Crippen LogP contribution in [0.5, 0.6) is 0 Å². The number of aromatic amines is 1. The fraction of sp³-hybridized carbons (Fsp3) is 0. The molecule has 0 unspecified atom stereocenters. The van der Waals surface area contributed by atoms with Crippen molar-refractivity contribution in [3.05, 3.63) is 41.6 Å². The highest BCUT2D eigenvalue weighted by atomic mass is 35.5. The zero-order valence-corrected chi connectivity index (χ0v) is 8.94. The molecule has 0 amide bonds. The van der Waals surface area contributed by atoms with Gasteiger partial charge in [-0.15, -0.1) is 10.2 Å². The molecule has 3 rings (SSSR count). The Hall–Kier alpha value is -1.94. The van der Waals surface area contributed by atoms with Gasteiger partial charge in [0.2, 0.25) is 5.65 Å². The molecule has 0 saturated carbocycles. The lowest BCUT2D eigenvalue weighted by Gasteiger charge is -1.97. The van der Waals surface area contributed by atoms with Crippen molar-refractivity contribution >= 4 is 22.6 Å². The maximum atomic E-state index is 5.82. The molecule has 2 heterocycles. The molecule has 0 radical (unpaired) electrons. The first kappa shape index (κ1) is 9.30. The summed E-state index contributed by atoms with van der Waals surface area (Å²) in [5, 5.41) is 15.9. The van der Waals surface area contributed by atoms with Gasteiger partial charge in [0.05, 0.1) is 11.1 Å². The zero-order valence-electron chi connectivity index (χ0n) is 8.18. The number of hydrogen-bond donors (Lipinski definition) is 1. The van der Waals surface area contributed by atoms with Gasteiger partial charge in [-0.25, -0.2) is 0 Å². The Kier molecular flexibility index (Phi) is 2.08. The molecule has 0 aliphatic heterocycles. The highest BCUT2D eigenvalue weighted by Crippen LogP contribution is 2.25. The van der Waals surface area contributed by atoms with Crippen LogP contribution in [0.1, 0.15) is 0 Å². The maximum Gasteiger partial charge on any atom is 0.203 e. The van der Waals surface area contributed by atoms with E-state index in [1.807, 2.05) is 30.3 Å². The zero-order chi connectivity index (χ0) is 11.0. The summed E-state index contributed by atoms with van der Waals surface area (Å²) in [4.78, 5) is 0. The molecule has 0 aliphatic carbocycles. The van der Waals surface area contributed by atoms with E-state index in [9.17, 15) is 0 Å². The Balaban J connectivity index is 2.29. The van der Waals surface area contributed by atoms with Gasteiger partial charge in [-0.05, 0) is 6.07 Å². The average Bonchev–Trinajstić information content (AvgIpc) is 2.73. The molecule has 3 aromatic rings. The molecule has 5 heteroatoms. The Bertz CT molecular complexity index is 633. The molecule has 78 valence electrons. The van der Waals surface area contributed by atoms with Crippen LogP contribution in [0.25, 0.3) is 22.3 Å². The van der Waals surface area contributed by atoms with Crippen molar-refractivity contribution in [3.8, 4) is 11.3 Å². The van der Waals surface area contributed by atoms with E-state index in [2.05, 4.69) is 20.4 Å². The van der Waals surface area contributed by atoms with Crippen LogP contribution >= 0.6 is 11.6 Å². The van der Waals surface area contributed by atoms with Crippen molar-refractivity contribution in [3.63, 3.8) is 0 Å². The van der Waals surface area contributed by atoms with Crippen molar-refractivity contribution in [2.24, 2.45) is 0 Å². The molecule has 0 fully saturated rings. The van der Waals surface area contributed by atoms with Gasteiger partial charge in [-0.2, -0.15) is 5.10 Å². The van der Waals surface area contributed by atoms with Crippen LogP contribution in [0.2, 0.25) is 5.15 Å². The molecule has 0 bridgehead atoms. The molecule has 0 spiro atoms. The second kappa shape index (κ2) is 3.57. The predicted octanol–water partition coefficient (Wildman–Crippen LogP) is 2.67. The molecule has 4 nitrogen and oxygen atoms in total. The van der Waals surface area contributed by atoms with Gasteiger partial charge in [-0.1, -0.05) is 41.9 Å². The van der Waals surface area contributed by atoms with Gasteiger partial charge in [-0.3, -0.25) is 5.10 Å². The van der Waals surface area contributed by atoms with E-state index in [4.69, 9.17) is 11.6 Å². The number of aromatic nitrogens is 4. The SMILES string of the molecule is Clc1cc2c(-c3ccccc3)[nH]nc2nn1. The minimum atomic E-state index is 0.367. The molecular weight excluding hydrogens is 224 g/mol. The van der Waals surface area contributed by atoms with Gasteiger partial charge < -0.3 is 0 Å². The van der Waals surface area contributed by atoms with Crippen LogP contribution < -0.4 is 0 Å². The summed E-state index contributed by atoms with van der Waals surface area (Å²) < 4.78 is 0. The second-order valence-electron chi connectivity index (χ2n) is 3.37. The standard InChI is InChI=1S/C11H7ClN4/c12-9-6-8-10(7-4-2-1-3-5-7)14-16-11(8)15-13-9/h1-6H,(H,14,15,16). The van der Waals surface area contributed by atoms with Crippen LogP contribution in [0.4, 0.5) is 0 Å². The minimum absolute atomic E-state index is 0.367. The van der Waals surface area contributed by atoms with E-state index in [0.29, 0.717) is 10.8 Å². The largest absolute Gasteiger partial charge is 0.275 e.